The van der Waals surface area contributed by atoms with Gasteiger partial charge in [0.1, 0.15) is 11.3 Å². The third-order valence-electron chi connectivity index (χ3n) is 3.42. The van der Waals surface area contributed by atoms with Crippen LogP contribution in [-0.4, -0.2) is 21.9 Å². The summed E-state index contributed by atoms with van der Waals surface area (Å²) in [6, 6.07) is 5.96. The fraction of sp³-hybridized carbons (Fsp3) is 0.286. The van der Waals surface area contributed by atoms with Crippen LogP contribution in [0.1, 0.15) is 17.0 Å². The van der Waals surface area contributed by atoms with Gasteiger partial charge >= 0.3 is 0 Å². The molecule has 0 saturated heterocycles. The first-order valence-electron chi connectivity index (χ1n) is 6.08. The largest absolute Gasteiger partial charge is 0.494 e. The second-order valence-corrected chi connectivity index (χ2v) is 5.52. The van der Waals surface area contributed by atoms with Crippen molar-refractivity contribution in [3.8, 4) is 10.9 Å². The van der Waals surface area contributed by atoms with Crippen LogP contribution in [0.15, 0.2) is 18.2 Å². The average molecular weight is 273 g/mol. The number of aryl methyl sites for hydroxylation is 1. The summed E-state index contributed by atoms with van der Waals surface area (Å²) in [5.41, 5.74) is 4.29. The minimum Gasteiger partial charge on any atom is -0.494 e. The molecule has 5 heteroatoms. The van der Waals surface area contributed by atoms with Gasteiger partial charge in [-0.05, 0) is 38.5 Å². The van der Waals surface area contributed by atoms with Crippen LogP contribution in [0.4, 0.5) is 0 Å². The fourth-order valence-corrected chi connectivity index (χ4v) is 3.06. The zero-order valence-corrected chi connectivity index (χ0v) is 12.2. The third-order valence-corrected chi connectivity index (χ3v) is 4.42. The highest BCUT2D eigenvalue weighted by Crippen LogP contribution is 2.32. The number of nitrogens with zero attached hydrogens (tertiary/aromatic N) is 3. The van der Waals surface area contributed by atoms with E-state index in [4.69, 9.17) is 4.74 Å². The van der Waals surface area contributed by atoms with E-state index in [1.54, 1.807) is 18.4 Å². The normalized spacial score (nSPS) is 11.2. The van der Waals surface area contributed by atoms with Crippen molar-refractivity contribution in [3.63, 3.8) is 0 Å². The van der Waals surface area contributed by atoms with Gasteiger partial charge < -0.3 is 4.74 Å². The van der Waals surface area contributed by atoms with E-state index in [-0.39, 0.29) is 0 Å². The molecule has 0 aliphatic heterocycles. The third kappa shape index (κ3) is 1.81. The highest BCUT2D eigenvalue weighted by atomic mass is 32.1. The summed E-state index contributed by atoms with van der Waals surface area (Å²) in [6.45, 7) is 6.17. The Kier molecular flexibility index (Phi) is 2.78. The minimum absolute atomic E-state index is 0.804. The van der Waals surface area contributed by atoms with E-state index in [0.29, 0.717) is 0 Å². The first-order valence-corrected chi connectivity index (χ1v) is 6.90. The topological polar surface area (TPSA) is 39.9 Å². The van der Waals surface area contributed by atoms with Crippen LogP contribution in [0.2, 0.25) is 0 Å². The SMILES string of the molecule is COc1cccc2sc(-n3nc(C)c(C)c3C)nc12. The number of hydrogen-bond acceptors (Lipinski definition) is 4. The molecule has 0 aliphatic carbocycles. The molecule has 0 N–H and O–H groups in total. The van der Waals surface area contributed by atoms with Crippen molar-refractivity contribution in [2.75, 3.05) is 7.11 Å². The van der Waals surface area contributed by atoms with E-state index in [1.165, 1.54) is 5.56 Å². The van der Waals surface area contributed by atoms with Gasteiger partial charge in [0.15, 0.2) is 0 Å². The lowest BCUT2D eigenvalue weighted by atomic mass is 10.2. The number of benzene rings is 1. The van der Waals surface area contributed by atoms with Gasteiger partial charge in [-0.3, -0.25) is 0 Å². The maximum Gasteiger partial charge on any atom is 0.211 e. The van der Waals surface area contributed by atoms with Gasteiger partial charge in [-0.2, -0.15) is 5.10 Å². The van der Waals surface area contributed by atoms with Crippen LogP contribution in [0, 0.1) is 20.8 Å². The standard InChI is InChI=1S/C14H15N3OS/c1-8-9(2)16-17(10(8)3)14-15-13-11(18-4)6-5-7-12(13)19-14/h5-7H,1-4H3. The Labute approximate surface area is 115 Å². The Morgan fingerprint density at radius 3 is 2.63 bits per heavy atom. The number of fused-ring (bicyclic) bond motifs is 1. The molecule has 0 unspecified atom stereocenters. The first kappa shape index (κ1) is 12.2. The number of para-hydroxylation sites is 1. The zero-order valence-electron chi connectivity index (χ0n) is 11.4. The smallest absolute Gasteiger partial charge is 0.211 e. The van der Waals surface area contributed by atoms with Crippen molar-refractivity contribution in [1.82, 2.24) is 14.8 Å². The summed E-state index contributed by atoms with van der Waals surface area (Å²) >= 11 is 1.63. The molecular weight excluding hydrogens is 258 g/mol. The number of ether oxygens (including phenoxy) is 1. The molecule has 0 saturated carbocycles. The maximum absolute atomic E-state index is 5.35. The fourth-order valence-electron chi connectivity index (χ4n) is 2.07. The van der Waals surface area contributed by atoms with Crippen LogP contribution >= 0.6 is 11.3 Å². The minimum atomic E-state index is 0.804. The van der Waals surface area contributed by atoms with Crippen molar-refractivity contribution >= 4 is 21.6 Å². The predicted molar refractivity (Wildman–Crippen MR) is 77.5 cm³/mol. The van der Waals surface area contributed by atoms with Crippen molar-refractivity contribution < 1.29 is 4.74 Å². The molecular formula is C14H15N3OS. The molecule has 3 aromatic rings. The van der Waals surface area contributed by atoms with E-state index in [1.807, 2.05) is 23.7 Å². The summed E-state index contributed by atoms with van der Waals surface area (Å²) in [7, 11) is 1.67. The van der Waals surface area contributed by atoms with Crippen LogP contribution in [-0.2, 0) is 0 Å². The maximum atomic E-state index is 5.35. The molecule has 0 fully saturated rings. The lowest BCUT2D eigenvalue weighted by Gasteiger charge is -1.99. The Balaban J connectivity index is 2.23. The molecule has 0 aliphatic rings. The van der Waals surface area contributed by atoms with Gasteiger partial charge in [0.2, 0.25) is 5.13 Å². The number of rotatable bonds is 2. The van der Waals surface area contributed by atoms with Gasteiger partial charge in [0.05, 0.1) is 17.5 Å². The number of thiazole rings is 1. The van der Waals surface area contributed by atoms with Crippen LogP contribution in [0.3, 0.4) is 0 Å². The van der Waals surface area contributed by atoms with Crippen molar-refractivity contribution in [1.29, 1.82) is 0 Å². The Bertz CT molecular complexity index is 757. The molecule has 0 amide bonds. The second kappa shape index (κ2) is 4.35. The summed E-state index contributed by atoms with van der Waals surface area (Å²) in [4.78, 5) is 4.66. The molecule has 2 aromatic heterocycles. The Hall–Kier alpha value is -1.88. The molecule has 3 rings (SSSR count). The van der Waals surface area contributed by atoms with Gasteiger partial charge in [0.25, 0.3) is 0 Å². The van der Waals surface area contributed by atoms with Crippen LogP contribution in [0.25, 0.3) is 15.3 Å². The molecule has 0 radical (unpaired) electrons. The summed E-state index contributed by atoms with van der Waals surface area (Å²) < 4.78 is 8.37. The molecule has 0 atom stereocenters. The predicted octanol–water partition coefficient (Wildman–Crippen LogP) is 3.42. The lowest BCUT2D eigenvalue weighted by Crippen LogP contribution is -1.98. The van der Waals surface area contributed by atoms with Gasteiger partial charge in [0, 0.05) is 5.69 Å². The van der Waals surface area contributed by atoms with Gasteiger partial charge in [-0.25, -0.2) is 9.67 Å². The van der Waals surface area contributed by atoms with E-state index in [9.17, 15) is 0 Å². The molecule has 2 heterocycles. The highest BCUT2D eigenvalue weighted by Gasteiger charge is 2.14. The lowest BCUT2D eigenvalue weighted by molar-refractivity contribution is 0.419. The van der Waals surface area contributed by atoms with E-state index in [0.717, 1.165) is 32.5 Å². The number of hydrogen-bond donors (Lipinski definition) is 0. The van der Waals surface area contributed by atoms with Crippen LogP contribution < -0.4 is 4.74 Å². The summed E-state index contributed by atoms with van der Waals surface area (Å²) in [6.07, 6.45) is 0. The van der Waals surface area contributed by atoms with Crippen molar-refractivity contribution in [2.45, 2.75) is 20.8 Å². The Morgan fingerprint density at radius 2 is 2.00 bits per heavy atom. The van der Waals surface area contributed by atoms with E-state index >= 15 is 0 Å². The van der Waals surface area contributed by atoms with E-state index < -0.39 is 0 Å². The average Bonchev–Trinajstić information content (AvgIpc) is 2.95. The van der Waals surface area contributed by atoms with Crippen LogP contribution in [0.5, 0.6) is 5.75 Å². The zero-order chi connectivity index (χ0) is 13.6. The summed E-state index contributed by atoms with van der Waals surface area (Å²) in [5.74, 6) is 0.804. The molecule has 0 bridgehead atoms. The van der Waals surface area contributed by atoms with Gasteiger partial charge in [-0.15, -0.1) is 0 Å². The molecule has 98 valence electrons. The van der Waals surface area contributed by atoms with Gasteiger partial charge in [-0.1, -0.05) is 17.4 Å². The van der Waals surface area contributed by atoms with Crippen molar-refractivity contribution in [2.24, 2.45) is 0 Å². The number of methoxy groups -OCH3 is 1. The first-order chi connectivity index (χ1) is 9.11. The van der Waals surface area contributed by atoms with Crippen molar-refractivity contribution in [3.05, 3.63) is 35.2 Å². The molecule has 0 spiro atoms. The summed E-state index contributed by atoms with van der Waals surface area (Å²) in [5, 5.41) is 5.44. The van der Waals surface area contributed by atoms with E-state index in [2.05, 4.69) is 30.0 Å². The Morgan fingerprint density at radius 1 is 1.21 bits per heavy atom. The quantitative estimate of drug-likeness (QED) is 0.718. The monoisotopic (exact) mass is 273 g/mol. The second-order valence-electron chi connectivity index (χ2n) is 4.51. The highest BCUT2D eigenvalue weighted by molar-refractivity contribution is 7.20. The molecule has 19 heavy (non-hydrogen) atoms. The number of aromatic nitrogens is 3. The molecule has 4 nitrogen and oxygen atoms in total. The molecule has 1 aromatic carbocycles.